The number of H-pyrrole nitrogens is 1. The van der Waals surface area contributed by atoms with Gasteiger partial charge in [-0.05, 0) is 12.5 Å². The molecule has 5 atom stereocenters. The Morgan fingerprint density at radius 1 is 1.28 bits per heavy atom. The summed E-state index contributed by atoms with van der Waals surface area (Å²) in [7, 11) is 0. The maximum absolute atomic E-state index is 13.2. The molecule has 176 valence electrons. The summed E-state index contributed by atoms with van der Waals surface area (Å²) in [4.78, 5) is 26.5. The molecule has 0 saturated carbocycles. The summed E-state index contributed by atoms with van der Waals surface area (Å²) in [6.45, 7) is 0.907. The van der Waals surface area contributed by atoms with E-state index in [4.69, 9.17) is 4.74 Å². The van der Waals surface area contributed by atoms with E-state index in [-0.39, 0.29) is 10.6 Å². The molecule has 0 aliphatic carbocycles. The molecule has 2 aromatic rings. The number of halogens is 1. The van der Waals surface area contributed by atoms with E-state index in [1.165, 1.54) is 6.92 Å². The topological polar surface area (TPSA) is 168 Å². The number of aromatic amines is 1. The third kappa shape index (κ3) is 3.79. The van der Waals surface area contributed by atoms with Gasteiger partial charge >= 0.3 is 11.6 Å². The van der Waals surface area contributed by atoms with Gasteiger partial charge in [0.05, 0.1) is 19.8 Å². The summed E-state index contributed by atoms with van der Waals surface area (Å²) in [6.07, 6.45) is -2.95. The van der Waals surface area contributed by atoms with E-state index in [0.717, 1.165) is 11.8 Å². The average Bonchev–Trinajstić information content (AvgIpc) is 2.97. The van der Waals surface area contributed by atoms with Crippen LogP contribution in [0.25, 0.3) is 0 Å². The van der Waals surface area contributed by atoms with Gasteiger partial charge in [-0.15, -0.1) is 5.06 Å². The number of aryl methyl sites for hydroxylation is 1. The number of nitrogens with zero attached hydrogens (tertiary/aromatic N) is 2. The molecule has 1 aromatic carbocycles. The Kier molecular flexibility index (Phi) is 6.67. The first-order chi connectivity index (χ1) is 15.0. The molecule has 0 bridgehead atoms. The Hall–Kier alpha value is -2.45. The first-order valence-corrected chi connectivity index (χ1v) is 9.85. The zero-order valence-electron chi connectivity index (χ0n) is 17.5. The summed E-state index contributed by atoms with van der Waals surface area (Å²) >= 11 is 0. The van der Waals surface area contributed by atoms with Crippen molar-refractivity contribution in [3.05, 3.63) is 68.0 Å². The molecule has 1 saturated heterocycles. The number of alkyl halides is 1. The highest BCUT2D eigenvalue weighted by molar-refractivity contribution is 5.21. The Labute approximate surface area is 181 Å². The van der Waals surface area contributed by atoms with Crippen LogP contribution in [-0.4, -0.2) is 71.5 Å². The number of ether oxygens (including phenoxy) is 1. The molecular formula is C20H26FN3O8. The maximum Gasteiger partial charge on any atom is 0.332 e. The zero-order chi connectivity index (χ0) is 23.8. The first-order valence-electron chi connectivity index (χ1n) is 9.85. The number of hydrogen-bond donors (Lipinski definition) is 6. The van der Waals surface area contributed by atoms with E-state index in [2.05, 4.69) is 0 Å². The van der Waals surface area contributed by atoms with Gasteiger partial charge in [0.2, 0.25) is 5.72 Å². The lowest BCUT2D eigenvalue weighted by molar-refractivity contribution is -0.413. The van der Waals surface area contributed by atoms with Crippen molar-refractivity contribution in [2.75, 3.05) is 13.3 Å². The van der Waals surface area contributed by atoms with E-state index >= 15 is 0 Å². The van der Waals surface area contributed by atoms with Gasteiger partial charge in [-0.3, -0.25) is 14.2 Å². The van der Waals surface area contributed by atoms with Gasteiger partial charge in [-0.25, -0.2) is 9.36 Å². The molecule has 3 rings (SSSR count). The van der Waals surface area contributed by atoms with Crippen LogP contribution in [0.5, 0.6) is 0 Å². The number of nitrogens with one attached hydrogen (secondary N) is 1. The van der Waals surface area contributed by atoms with Gasteiger partial charge in [0.25, 0.3) is 5.56 Å². The number of hydrogen-bond acceptors (Lipinski definition) is 9. The van der Waals surface area contributed by atoms with Crippen LogP contribution in [-0.2, 0) is 17.2 Å². The number of hydroxylamine groups is 2. The van der Waals surface area contributed by atoms with E-state index in [1.54, 1.807) is 24.3 Å². The highest BCUT2D eigenvalue weighted by atomic mass is 19.1. The number of rotatable bonds is 7. The second-order valence-electron chi connectivity index (χ2n) is 7.93. The molecule has 11 nitrogen and oxygen atoms in total. The van der Waals surface area contributed by atoms with Gasteiger partial charge < -0.3 is 30.4 Å². The van der Waals surface area contributed by atoms with Gasteiger partial charge in [-0.1, -0.05) is 36.8 Å². The van der Waals surface area contributed by atoms with Crippen molar-refractivity contribution in [2.45, 2.75) is 50.2 Å². The third-order valence-corrected chi connectivity index (χ3v) is 5.64. The minimum absolute atomic E-state index is 0.174. The number of benzene rings is 1. The van der Waals surface area contributed by atoms with Crippen molar-refractivity contribution in [1.82, 2.24) is 14.6 Å². The molecule has 0 spiro atoms. The van der Waals surface area contributed by atoms with E-state index in [1.807, 2.05) is 11.9 Å². The van der Waals surface area contributed by atoms with Gasteiger partial charge in [0, 0.05) is 17.7 Å². The van der Waals surface area contributed by atoms with Crippen molar-refractivity contribution in [2.24, 2.45) is 0 Å². The molecule has 0 amide bonds. The number of aliphatic hydroxyl groups is 4. The van der Waals surface area contributed by atoms with Crippen molar-refractivity contribution < 1.29 is 34.8 Å². The van der Waals surface area contributed by atoms with Crippen molar-refractivity contribution in [1.29, 1.82) is 0 Å². The SMILES string of the molecule is Cc1ccc(CN(O)[C@@]2(O)[C@H](O)[C@@H](CO)O[C@@]2(O)n2cc(C(C)CF)c(=O)[nH]c2=O)cc1. The van der Waals surface area contributed by atoms with Crippen LogP contribution in [0, 0.1) is 6.92 Å². The van der Waals surface area contributed by atoms with Crippen molar-refractivity contribution in [3.8, 4) is 0 Å². The standard InChI is InChI=1S/C20H26FN3O8/c1-11-3-5-13(6-4-11)8-24(31)19(29)16(26)15(10-25)32-20(19,30)23-9-14(12(2)7-21)17(27)22-18(23)28/h3-6,9,12,15-16,25-26,29-31H,7-8,10H2,1-2H3,(H,22,27,28)/t12?,15-,16-,19-,20-/m1/s1. The van der Waals surface area contributed by atoms with Crippen molar-refractivity contribution >= 4 is 0 Å². The predicted molar refractivity (Wildman–Crippen MR) is 107 cm³/mol. The molecule has 2 heterocycles. The molecule has 32 heavy (non-hydrogen) atoms. The van der Waals surface area contributed by atoms with E-state index < -0.39 is 60.8 Å². The van der Waals surface area contributed by atoms with E-state index in [9.17, 15) is 39.6 Å². The first kappa shape index (κ1) is 24.2. The fourth-order valence-corrected chi connectivity index (χ4v) is 3.64. The number of aliphatic hydroxyl groups excluding tert-OH is 2. The van der Waals surface area contributed by atoms with Crippen LogP contribution >= 0.6 is 0 Å². The summed E-state index contributed by atoms with van der Waals surface area (Å²) in [5.41, 5.74) is -4.12. The molecule has 1 aliphatic heterocycles. The lowest BCUT2D eigenvalue weighted by Gasteiger charge is -2.42. The average molecular weight is 455 g/mol. The third-order valence-electron chi connectivity index (χ3n) is 5.64. The Balaban J connectivity index is 2.14. The van der Waals surface area contributed by atoms with E-state index in [0.29, 0.717) is 10.1 Å². The minimum Gasteiger partial charge on any atom is -0.394 e. The maximum atomic E-state index is 13.2. The van der Waals surface area contributed by atoms with Crippen molar-refractivity contribution in [3.63, 3.8) is 0 Å². The molecule has 1 aliphatic rings. The van der Waals surface area contributed by atoms with Gasteiger partial charge in [0.1, 0.15) is 12.2 Å². The van der Waals surface area contributed by atoms with Crippen LogP contribution in [0.4, 0.5) is 4.39 Å². The Morgan fingerprint density at radius 2 is 1.91 bits per heavy atom. The highest BCUT2D eigenvalue weighted by Gasteiger charge is 2.70. The summed E-state index contributed by atoms with van der Waals surface area (Å²) in [6, 6.07) is 6.71. The Bertz CT molecular complexity index is 1070. The normalized spacial score (nSPS) is 28.9. The van der Waals surface area contributed by atoms with Crippen LogP contribution in [0.2, 0.25) is 0 Å². The largest absolute Gasteiger partial charge is 0.394 e. The number of aromatic nitrogens is 2. The monoisotopic (exact) mass is 455 g/mol. The Morgan fingerprint density at radius 3 is 2.47 bits per heavy atom. The molecule has 1 aromatic heterocycles. The lowest BCUT2D eigenvalue weighted by Crippen LogP contribution is -2.68. The predicted octanol–water partition coefficient (Wildman–Crippen LogP) is -1.15. The summed E-state index contributed by atoms with van der Waals surface area (Å²) in [5.74, 6) is -4.16. The zero-order valence-corrected chi connectivity index (χ0v) is 17.5. The van der Waals surface area contributed by atoms with Crippen LogP contribution < -0.4 is 11.2 Å². The van der Waals surface area contributed by atoms with Gasteiger partial charge in [-0.2, -0.15) is 0 Å². The molecule has 1 unspecified atom stereocenters. The molecule has 1 fully saturated rings. The molecular weight excluding hydrogens is 429 g/mol. The second kappa shape index (κ2) is 8.83. The van der Waals surface area contributed by atoms with Crippen LogP contribution in [0.3, 0.4) is 0 Å². The quantitative estimate of drug-likeness (QED) is 0.223. The summed E-state index contributed by atoms with van der Waals surface area (Å²) in [5, 5.41) is 53.7. The molecule has 6 N–H and O–H groups in total. The van der Waals surface area contributed by atoms with Gasteiger partial charge in [0.15, 0.2) is 0 Å². The minimum atomic E-state index is -3.18. The fourth-order valence-electron chi connectivity index (χ4n) is 3.64. The summed E-state index contributed by atoms with van der Waals surface area (Å²) < 4.78 is 18.8. The molecule has 12 heteroatoms. The second-order valence-corrected chi connectivity index (χ2v) is 7.93. The smallest absolute Gasteiger partial charge is 0.332 e. The fraction of sp³-hybridized carbons (Fsp3) is 0.500. The van der Waals surface area contributed by atoms with Crippen LogP contribution in [0.1, 0.15) is 29.5 Å². The van der Waals surface area contributed by atoms with Crippen LogP contribution in [0.15, 0.2) is 40.1 Å². The molecule has 0 radical (unpaired) electrons. The highest BCUT2D eigenvalue weighted by Crippen LogP contribution is 2.43. The lowest BCUT2D eigenvalue weighted by atomic mass is 9.99.